The lowest BCUT2D eigenvalue weighted by molar-refractivity contribution is 0.240. The Morgan fingerprint density at radius 3 is 2.75 bits per heavy atom. The van der Waals surface area contributed by atoms with Gasteiger partial charge >= 0.3 is 6.03 Å². The van der Waals surface area contributed by atoms with Crippen molar-refractivity contribution in [1.82, 2.24) is 5.32 Å². The Labute approximate surface area is 100 Å². The van der Waals surface area contributed by atoms with Crippen molar-refractivity contribution in [3.05, 3.63) is 28.8 Å². The summed E-state index contributed by atoms with van der Waals surface area (Å²) >= 11 is 6.02. The predicted molar refractivity (Wildman–Crippen MR) is 66.0 cm³/mol. The molecule has 0 atom stereocenters. The maximum atomic E-state index is 11.6. The predicted octanol–water partition coefficient (Wildman–Crippen LogP) is 3.32. The Balaban J connectivity index is 1.94. The Hall–Kier alpha value is -1.22. The van der Waals surface area contributed by atoms with E-state index in [1.807, 2.05) is 25.1 Å². The largest absolute Gasteiger partial charge is 0.335 e. The van der Waals surface area contributed by atoms with Gasteiger partial charge in [-0.3, -0.25) is 0 Å². The first kappa shape index (κ1) is 11.3. The van der Waals surface area contributed by atoms with Crippen molar-refractivity contribution >= 4 is 23.3 Å². The third kappa shape index (κ3) is 2.67. The Bertz CT molecular complexity index is 402. The molecule has 16 heavy (non-hydrogen) atoms. The third-order valence-corrected chi connectivity index (χ3v) is 3.13. The number of anilines is 1. The van der Waals surface area contributed by atoms with Crippen LogP contribution in [0.4, 0.5) is 10.5 Å². The van der Waals surface area contributed by atoms with E-state index >= 15 is 0 Å². The summed E-state index contributed by atoms with van der Waals surface area (Å²) in [6.07, 6.45) is 3.36. The first-order valence-electron chi connectivity index (χ1n) is 5.49. The molecule has 0 spiro atoms. The zero-order valence-corrected chi connectivity index (χ0v) is 9.97. The number of amides is 2. The average Bonchev–Trinajstić information content (AvgIpc) is 2.16. The fraction of sp³-hybridized carbons (Fsp3) is 0.417. The quantitative estimate of drug-likeness (QED) is 0.815. The van der Waals surface area contributed by atoms with E-state index in [0.29, 0.717) is 16.8 Å². The van der Waals surface area contributed by atoms with Gasteiger partial charge in [-0.15, -0.1) is 0 Å². The van der Waals surface area contributed by atoms with Gasteiger partial charge in [-0.05, 0) is 43.9 Å². The number of urea groups is 1. The molecule has 0 aliphatic heterocycles. The number of rotatable bonds is 2. The molecule has 1 aromatic rings. The fourth-order valence-electron chi connectivity index (χ4n) is 1.62. The van der Waals surface area contributed by atoms with E-state index < -0.39 is 0 Å². The zero-order valence-electron chi connectivity index (χ0n) is 9.22. The average molecular weight is 239 g/mol. The Morgan fingerprint density at radius 2 is 2.19 bits per heavy atom. The summed E-state index contributed by atoms with van der Waals surface area (Å²) < 4.78 is 0. The molecular formula is C12H15ClN2O. The lowest BCUT2D eigenvalue weighted by Gasteiger charge is -2.26. The standard InChI is InChI=1S/C12H15ClN2O/c1-8-5-6-11(10(13)7-8)15-12(16)14-9-3-2-4-9/h5-7,9H,2-4H2,1H3,(H2,14,15,16). The van der Waals surface area contributed by atoms with Crippen LogP contribution in [0.25, 0.3) is 0 Å². The maximum Gasteiger partial charge on any atom is 0.319 e. The smallest absolute Gasteiger partial charge is 0.319 e. The highest BCUT2D eigenvalue weighted by Gasteiger charge is 2.19. The van der Waals surface area contributed by atoms with Gasteiger partial charge in [0.2, 0.25) is 0 Å². The van der Waals surface area contributed by atoms with Crippen molar-refractivity contribution in [2.24, 2.45) is 0 Å². The fourth-order valence-corrected chi connectivity index (χ4v) is 1.90. The highest BCUT2D eigenvalue weighted by atomic mass is 35.5. The molecule has 0 heterocycles. The van der Waals surface area contributed by atoms with Crippen molar-refractivity contribution in [2.75, 3.05) is 5.32 Å². The van der Waals surface area contributed by atoms with Crippen molar-refractivity contribution in [3.63, 3.8) is 0 Å². The number of aryl methyl sites for hydroxylation is 1. The first-order chi connectivity index (χ1) is 7.65. The van der Waals surface area contributed by atoms with E-state index in [4.69, 9.17) is 11.6 Å². The lowest BCUT2D eigenvalue weighted by Crippen LogP contribution is -2.41. The second-order valence-electron chi connectivity index (χ2n) is 4.21. The molecule has 0 radical (unpaired) electrons. The van der Waals surface area contributed by atoms with Crippen LogP contribution < -0.4 is 10.6 Å². The highest BCUT2D eigenvalue weighted by molar-refractivity contribution is 6.33. The van der Waals surface area contributed by atoms with Gasteiger partial charge in [0.1, 0.15) is 0 Å². The second kappa shape index (κ2) is 4.74. The molecule has 1 aliphatic carbocycles. The van der Waals surface area contributed by atoms with Gasteiger partial charge in [0.05, 0.1) is 10.7 Å². The van der Waals surface area contributed by atoms with Crippen LogP contribution in [0.3, 0.4) is 0 Å². The zero-order chi connectivity index (χ0) is 11.5. The van der Waals surface area contributed by atoms with Crippen molar-refractivity contribution in [1.29, 1.82) is 0 Å². The number of halogens is 1. The minimum absolute atomic E-state index is 0.171. The lowest BCUT2D eigenvalue weighted by atomic mass is 9.93. The van der Waals surface area contributed by atoms with Gasteiger partial charge < -0.3 is 10.6 Å². The third-order valence-electron chi connectivity index (χ3n) is 2.81. The van der Waals surface area contributed by atoms with Crippen molar-refractivity contribution in [2.45, 2.75) is 32.2 Å². The molecular weight excluding hydrogens is 224 g/mol. The van der Waals surface area contributed by atoms with Crippen molar-refractivity contribution < 1.29 is 4.79 Å². The van der Waals surface area contributed by atoms with Crippen LogP contribution in [0.2, 0.25) is 5.02 Å². The molecule has 0 saturated heterocycles. The van der Waals surface area contributed by atoms with Gasteiger partial charge in [0.15, 0.2) is 0 Å². The topological polar surface area (TPSA) is 41.1 Å². The van der Waals surface area contributed by atoms with Crippen LogP contribution in [0.15, 0.2) is 18.2 Å². The summed E-state index contributed by atoms with van der Waals surface area (Å²) in [5, 5.41) is 6.23. The summed E-state index contributed by atoms with van der Waals surface area (Å²) in [5.74, 6) is 0. The van der Waals surface area contributed by atoms with Crippen LogP contribution in [-0.4, -0.2) is 12.1 Å². The van der Waals surface area contributed by atoms with Crippen LogP contribution in [0, 0.1) is 6.92 Å². The van der Waals surface area contributed by atoms with E-state index in [1.54, 1.807) is 0 Å². The molecule has 1 aliphatic rings. The summed E-state index contributed by atoms with van der Waals surface area (Å²) in [5.41, 5.74) is 1.74. The van der Waals surface area contributed by atoms with Gasteiger partial charge in [-0.25, -0.2) is 4.79 Å². The summed E-state index contributed by atoms with van der Waals surface area (Å²) in [7, 11) is 0. The maximum absolute atomic E-state index is 11.6. The van der Waals surface area contributed by atoms with E-state index in [1.165, 1.54) is 6.42 Å². The number of benzene rings is 1. The molecule has 0 bridgehead atoms. The Morgan fingerprint density at radius 1 is 1.44 bits per heavy atom. The number of carbonyl (C=O) groups excluding carboxylic acids is 1. The molecule has 2 amide bonds. The minimum atomic E-state index is -0.171. The summed E-state index contributed by atoms with van der Waals surface area (Å²) in [6.45, 7) is 1.96. The minimum Gasteiger partial charge on any atom is -0.335 e. The second-order valence-corrected chi connectivity index (χ2v) is 4.62. The SMILES string of the molecule is Cc1ccc(NC(=O)NC2CCC2)c(Cl)c1. The molecule has 2 rings (SSSR count). The highest BCUT2D eigenvalue weighted by Crippen LogP contribution is 2.23. The van der Waals surface area contributed by atoms with Crippen LogP contribution >= 0.6 is 11.6 Å². The van der Waals surface area contributed by atoms with Gasteiger partial charge in [0.25, 0.3) is 0 Å². The normalized spacial score (nSPS) is 15.4. The molecule has 1 aromatic carbocycles. The molecule has 3 nitrogen and oxygen atoms in total. The van der Waals surface area contributed by atoms with Crippen molar-refractivity contribution in [3.8, 4) is 0 Å². The molecule has 0 aromatic heterocycles. The Kier molecular flexibility index (Phi) is 3.34. The molecule has 0 unspecified atom stereocenters. The molecule has 86 valence electrons. The molecule has 4 heteroatoms. The number of carbonyl (C=O) groups is 1. The first-order valence-corrected chi connectivity index (χ1v) is 5.86. The molecule has 2 N–H and O–H groups in total. The summed E-state index contributed by atoms with van der Waals surface area (Å²) in [6, 6.07) is 5.74. The van der Waals surface area contributed by atoms with E-state index in [9.17, 15) is 4.79 Å². The van der Waals surface area contributed by atoms with E-state index in [2.05, 4.69) is 10.6 Å². The molecule has 1 saturated carbocycles. The number of hydrogen-bond donors (Lipinski definition) is 2. The van der Waals surface area contributed by atoms with E-state index in [0.717, 1.165) is 18.4 Å². The molecule has 1 fully saturated rings. The van der Waals surface area contributed by atoms with Gasteiger partial charge in [-0.2, -0.15) is 0 Å². The van der Waals surface area contributed by atoms with Crippen LogP contribution in [0.1, 0.15) is 24.8 Å². The van der Waals surface area contributed by atoms with Crippen LogP contribution in [-0.2, 0) is 0 Å². The van der Waals surface area contributed by atoms with Gasteiger partial charge in [0, 0.05) is 6.04 Å². The number of hydrogen-bond acceptors (Lipinski definition) is 1. The monoisotopic (exact) mass is 238 g/mol. The summed E-state index contributed by atoms with van der Waals surface area (Å²) in [4.78, 5) is 11.6. The van der Waals surface area contributed by atoms with Crippen LogP contribution in [0.5, 0.6) is 0 Å². The van der Waals surface area contributed by atoms with Gasteiger partial charge in [-0.1, -0.05) is 17.7 Å². The number of nitrogens with one attached hydrogen (secondary N) is 2. The van der Waals surface area contributed by atoms with E-state index in [-0.39, 0.29) is 6.03 Å².